The Balaban J connectivity index is 1.64. The second-order valence-electron chi connectivity index (χ2n) is 5.63. The van der Waals surface area contributed by atoms with Gasteiger partial charge in [-0.15, -0.1) is 0 Å². The first-order valence-electron chi connectivity index (χ1n) is 7.45. The van der Waals surface area contributed by atoms with Gasteiger partial charge in [0.15, 0.2) is 0 Å². The zero-order valence-corrected chi connectivity index (χ0v) is 12.8. The molecule has 3 heterocycles. The Morgan fingerprint density at radius 3 is 3.05 bits per heavy atom. The first-order valence-corrected chi connectivity index (χ1v) is 7.45. The van der Waals surface area contributed by atoms with Gasteiger partial charge in [0, 0.05) is 30.3 Å². The van der Waals surface area contributed by atoms with Crippen LogP contribution in [0.2, 0.25) is 0 Å². The Morgan fingerprint density at radius 2 is 2.36 bits per heavy atom. The van der Waals surface area contributed by atoms with Crippen molar-refractivity contribution < 1.29 is 9.53 Å². The van der Waals surface area contributed by atoms with Crippen LogP contribution in [0.25, 0.3) is 0 Å². The van der Waals surface area contributed by atoms with Crippen molar-refractivity contribution in [2.24, 2.45) is 0 Å². The Hall–Kier alpha value is -2.21. The highest BCUT2D eigenvalue weighted by molar-refractivity contribution is 5.76. The maximum atomic E-state index is 12.3. The highest BCUT2D eigenvalue weighted by atomic mass is 16.5. The molecule has 0 saturated carbocycles. The molecule has 22 heavy (non-hydrogen) atoms. The fourth-order valence-electron chi connectivity index (χ4n) is 2.83. The summed E-state index contributed by atoms with van der Waals surface area (Å²) in [5, 5.41) is 7.38. The summed E-state index contributed by atoms with van der Waals surface area (Å²) in [6.45, 7) is 4.75. The average Bonchev–Trinajstić information content (AvgIpc) is 3.07. The van der Waals surface area contributed by atoms with Crippen molar-refractivity contribution in [3.8, 4) is 0 Å². The van der Waals surface area contributed by atoms with E-state index in [1.165, 1.54) is 0 Å². The van der Waals surface area contributed by atoms with Crippen LogP contribution in [0.15, 0.2) is 30.6 Å². The molecule has 0 aromatic carbocycles. The van der Waals surface area contributed by atoms with Crippen LogP contribution in [0.4, 0.5) is 0 Å². The molecule has 1 fully saturated rings. The Morgan fingerprint density at radius 1 is 1.50 bits per heavy atom. The van der Waals surface area contributed by atoms with Gasteiger partial charge in [-0.25, -0.2) is 0 Å². The third-order valence-corrected chi connectivity index (χ3v) is 3.85. The lowest BCUT2D eigenvalue weighted by Gasteiger charge is -2.20. The molecule has 0 unspecified atom stereocenters. The van der Waals surface area contributed by atoms with Crippen LogP contribution in [-0.2, 0) is 16.1 Å². The van der Waals surface area contributed by atoms with Crippen LogP contribution in [0.5, 0.6) is 0 Å². The molecule has 0 spiro atoms. The van der Waals surface area contributed by atoms with Gasteiger partial charge in [0.25, 0.3) is 0 Å². The van der Waals surface area contributed by atoms with Crippen LogP contribution in [0.3, 0.4) is 0 Å². The molecule has 6 nitrogen and oxygen atoms in total. The van der Waals surface area contributed by atoms with Crippen LogP contribution in [-0.4, -0.2) is 33.3 Å². The van der Waals surface area contributed by atoms with E-state index in [2.05, 4.69) is 15.4 Å². The molecule has 2 aromatic rings. The van der Waals surface area contributed by atoms with E-state index >= 15 is 0 Å². The number of pyridine rings is 1. The zero-order valence-electron chi connectivity index (χ0n) is 12.8. The van der Waals surface area contributed by atoms with E-state index in [0.717, 1.165) is 23.4 Å². The number of aryl methyl sites for hydroxylation is 2. The van der Waals surface area contributed by atoms with Gasteiger partial charge in [-0.05, 0) is 32.4 Å². The smallest absolute Gasteiger partial charge is 0.242 e. The Kier molecular flexibility index (Phi) is 4.20. The maximum Gasteiger partial charge on any atom is 0.242 e. The molecule has 2 aromatic heterocycles. The lowest BCUT2D eigenvalue weighted by atomic mass is 10.0. The van der Waals surface area contributed by atoms with Crippen molar-refractivity contribution in [2.45, 2.75) is 39.0 Å². The second kappa shape index (κ2) is 6.27. The van der Waals surface area contributed by atoms with Gasteiger partial charge in [-0.3, -0.25) is 14.5 Å². The molecule has 1 amide bonds. The summed E-state index contributed by atoms with van der Waals surface area (Å²) >= 11 is 0. The fourth-order valence-corrected chi connectivity index (χ4v) is 2.83. The quantitative estimate of drug-likeness (QED) is 0.930. The summed E-state index contributed by atoms with van der Waals surface area (Å²) in [6.07, 6.45) is 4.20. The number of carbonyl (C=O) groups is 1. The number of nitrogens with one attached hydrogen (secondary N) is 1. The van der Waals surface area contributed by atoms with Gasteiger partial charge in [0.1, 0.15) is 12.6 Å². The van der Waals surface area contributed by atoms with Crippen molar-refractivity contribution in [1.29, 1.82) is 0 Å². The molecule has 116 valence electrons. The van der Waals surface area contributed by atoms with Crippen LogP contribution >= 0.6 is 0 Å². The minimum Gasteiger partial charge on any atom is -0.371 e. The molecule has 1 aliphatic rings. The molecule has 3 rings (SSSR count). The number of hydrogen-bond acceptors (Lipinski definition) is 4. The molecular weight excluding hydrogens is 280 g/mol. The number of rotatable bonds is 4. The predicted molar refractivity (Wildman–Crippen MR) is 81.2 cm³/mol. The molecule has 1 N–H and O–H groups in total. The van der Waals surface area contributed by atoms with Gasteiger partial charge in [0.05, 0.1) is 11.7 Å². The summed E-state index contributed by atoms with van der Waals surface area (Å²) in [4.78, 5) is 16.4. The van der Waals surface area contributed by atoms with E-state index in [-0.39, 0.29) is 24.6 Å². The lowest BCUT2D eigenvalue weighted by molar-refractivity contribution is -0.123. The Bertz CT molecular complexity index is 653. The predicted octanol–water partition coefficient (Wildman–Crippen LogP) is 1.54. The van der Waals surface area contributed by atoms with E-state index in [0.29, 0.717) is 6.61 Å². The summed E-state index contributed by atoms with van der Waals surface area (Å²) in [7, 11) is 0. The molecular formula is C16H20N4O2. The molecule has 1 saturated heterocycles. The van der Waals surface area contributed by atoms with Crippen molar-refractivity contribution in [3.05, 3.63) is 47.5 Å². The van der Waals surface area contributed by atoms with Crippen molar-refractivity contribution in [1.82, 2.24) is 20.1 Å². The first kappa shape index (κ1) is 14.7. The third kappa shape index (κ3) is 3.17. The van der Waals surface area contributed by atoms with Crippen LogP contribution < -0.4 is 5.32 Å². The van der Waals surface area contributed by atoms with Gasteiger partial charge in [0.2, 0.25) is 5.91 Å². The van der Waals surface area contributed by atoms with E-state index in [4.69, 9.17) is 4.74 Å². The summed E-state index contributed by atoms with van der Waals surface area (Å²) in [5.74, 6) is -0.0457. The van der Waals surface area contributed by atoms with E-state index in [1.807, 2.05) is 32.0 Å². The van der Waals surface area contributed by atoms with Crippen LogP contribution in [0, 0.1) is 13.8 Å². The van der Waals surface area contributed by atoms with E-state index in [9.17, 15) is 4.79 Å². The molecule has 6 heteroatoms. The highest BCUT2D eigenvalue weighted by Crippen LogP contribution is 2.28. The topological polar surface area (TPSA) is 69.0 Å². The SMILES string of the molecule is Cc1cc(C)n(CC(=O)N[C@H]2CCO[C@@H]2c2cccnc2)n1. The van der Waals surface area contributed by atoms with Crippen molar-refractivity contribution in [3.63, 3.8) is 0 Å². The minimum absolute atomic E-state index is 0.0198. The standard InChI is InChI=1S/C16H20N4O2/c1-11-8-12(2)20(19-11)10-15(21)18-14-5-7-22-16(14)13-4-3-6-17-9-13/h3-4,6,8-9,14,16H,5,7,10H2,1-2H3,(H,18,21)/t14-,16+/m0/s1. The summed E-state index contributed by atoms with van der Waals surface area (Å²) in [6, 6.07) is 5.80. The number of carbonyl (C=O) groups excluding carboxylic acids is 1. The van der Waals surface area contributed by atoms with Crippen molar-refractivity contribution >= 4 is 5.91 Å². The van der Waals surface area contributed by atoms with Crippen molar-refractivity contribution in [2.75, 3.05) is 6.61 Å². The fraction of sp³-hybridized carbons (Fsp3) is 0.438. The second-order valence-corrected chi connectivity index (χ2v) is 5.63. The Labute approximate surface area is 129 Å². The van der Waals surface area contributed by atoms with Crippen LogP contribution in [0.1, 0.15) is 29.5 Å². The van der Waals surface area contributed by atoms with E-state index < -0.39 is 0 Å². The molecule has 2 atom stereocenters. The monoisotopic (exact) mass is 300 g/mol. The zero-order chi connectivity index (χ0) is 15.5. The normalized spacial score (nSPS) is 21.0. The molecule has 0 aliphatic carbocycles. The number of ether oxygens (including phenoxy) is 1. The third-order valence-electron chi connectivity index (χ3n) is 3.85. The van der Waals surface area contributed by atoms with Gasteiger partial charge in [-0.1, -0.05) is 6.07 Å². The number of nitrogens with zero attached hydrogens (tertiary/aromatic N) is 3. The number of hydrogen-bond donors (Lipinski definition) is 1. The van der Waals surface area contributed by atoms with Gasteiger partial charge < -0.3 is 10.1 Å². The molecule has 1 aliphatic heterocycles. The van der Waals surface area contributed by atoms with Gasteiger partial charge >= 0.3 is 0 Å². The first-order chi connectivity index (χ1) is 10.6. The highest BCUT2D eigenvalue weighted by Gasteiger charge is 2.31. The minimum atomic E-state index is -0.127. The van der Waals surface area contributed by atoms with Gasteiger partial charge in [-0.2, -0.15) is 5.10 Å². The number of amides is 1. The maximum absolute atomic E-state index is 12.3. The number of aromatic nitrogens is 3. The summed E-state index contributed by atoms with van der Waals surface area (Å²) in [5.41, 5.74) is 2.90. The largest absolute Gasteiger partial charge is 0.371 e. The molecule has 0 radical (unpaired) electrons. The summed E-state index contributed by atoms with van der Waals surface area (Å²) < 4.78 is 7.48. The lowest BCUT2D eigenvalue weighted by Crippen LogP contribution is -2.39. The average molecular weight is 300 g/mol. The molecule has 0 bridgehead atoms. The van der Waals surface area contributed by atoms with E-state index in [1.54, 1.807) is 17.1 Å².